The molecule has 1 rings (SSSR count). The fourth-order valence-corrected chi connectivity index (χ4v) is 1.42. The van der Waals surface area contributed by atoms with Gasteiger partial charge in [0.1, 0.15) is 0 Å². The van der Waals surface area contributed by atoms with Crippen molar-refractivity contribution in [3.63, 3.8) is 0 Å². The Morgan fingerprint density at radius 2 is 1.92 bits per heavy atom. The summed E-state index contributed by atoms with van der Waals surface area (Å²) in [5.41, 5.74) is 1.35. The van der Waals surface area contributed by atoms with Crippen molar-refractivity contribution < 1.29 is 0 Å². The van der Waals surface area contributed by atoms with Gasteiger partial charge >= 0.3 is 0 Å². The number of allylic oxidation sites excluding steroid dienone is 1. The average Bonchev–Trinajstić information content (AvgIpc) is 2.18. The molecule has 1 heteroatoms. The number of hydrogen-bond donors (Lipinski definition) is 0. The van der Waals surface area contributed by atoms with Crippen LogP contribution in [0.15, 0.2) is 36.9 Å². The van der Waals surface area contributed by atoms with Crippen molar-refractivity contribution in [2.45, 2.75) is 25.7 Å². The molecule has 0 saturated heterocycles. The predicted octanol–water partition coefficient (Wildman–Crippen LogP) is 4.19. The highest BCUT2D eigenvalue weighted by Gasteiger charge is 2.19. The first kappa shape index (κ1) is 10.3. The van der Waals surface area contributed by atoms with Gasteiger partial charge in [-0.15, -0.1) is 6.58 Å². The molecule has 0 N–H and O–H groups in total. The van der Waals surface area contributed by atoms with Gasteiger partial charge in [0.25, 0.3) is 0 Å². The van der Waals surface area contributed by atoms with Crippen molar-refractivity contribution in [2.24, 2.45) is 0 Å². The largest absolute Gasteiger partial charge is 0.102 e. The van der Waals surface area contributed by atoms with Crippen molar-refractivity contribution >= 4 is 11.6 Å². The second kappa shape index (κ2) is 3.97. The molecule has 0 aliphatic rings. The molecule has 0 radical (unpaired) electrons. The zero-order valence-corrected chi connectivity index (χ0v) is 8.93. The van der Waals surface area contributed by atoms with Crippen molar-refractivity contribution in [3.8, 4) is 0 Å². The molecule has 0 amide bonds. The lowest BCUT2D eigenvalue weighted by atomic mass is 9.80. The van der Waals surface area contributed by atoms with E-state index in [-0.39, 0.29) is 5.41 Å². The maximum Gasteiger partial charge on any atom is 0.0406 e. The normalized spacial score (nSPS) is 15.0. The quantitative estimate of drug-likeness (QED) is 0.633. The van der Waals surface area contributed by atoms with E-state index < -0.39 is 0 Å². The van der Waals surface area contributed by atoms with Gasteiger partial charge in [0.05, 0.1) is 0 Å². The van der Waals surface area contributed by atoms with Crippen LogP contribution in [0.25, 0.3) is 0 Å². The van der Waals surface area contributed by atoms with E-state index in [1.165, 1.54) is 5.56 Å². The van der Waals surface area contributed by atoms with Crippen LogP contribution < -0.4 is 0 Å². The maximum absolute atomic E-state index is 5.82. The fraction of sp³-hybridized carbons (Fsp3) is 0.333. The van der Waals surface area contributed by atoms with Crippen LogP contribution in [0.2, 0.25) is 5.02 Å². The van der Waals surface area contributed by atoms with E-state index >= 15 is 0 Å². The molecule has 1 atom stereocenters. The van der Waals surface area contributed by atoms with Crippen LogP contribution in [0.3, 0.4) is 0 Å². The molecule has 0 fully saturated rings. The molecule has 0 aromatic heterocycles. The third-order valence-corrected chi connectivity index (χ3v) is 2.94. The summed E-state index contributed by atoms with van der Waals surface area (Å²) >= 11 is 5.82. The van der Waals surface area contributed by atoms with Crippen molar-refractivity contribution in [1.82, 2.24) is 0 Å². The summed E-state index contributed by atoms with van der Waals surface area (Å²) in [7, 11) is 0. The Morgan fingerprint density at radius 1 is 1.38 bits per heavy atom. The van der Waals surface area contributed by atoms with Crippen LogP contribution in [-0.4, -0.2) is 0 Å². The highest BCUT2D eigenvalue weighted by molar-refractivity contribution is 6.30. The van der Waals surface area contributed by atoms with Crippen molar-refractivity contribution in [3.05, 3.63) is 47.5 Å². The monoisotopic (exact) mass is 194 g/mol. The molecule has 1 aromatic rings. The molecular weight excluding hydrogens is 180 g/mol. The van der Waals surface area contributed by atoms with Crippen LogP contribution in [0.4, 0.5) is 0 Å². The molecule has 0 heterocycles. The molecule has 0 saturated carbocycles. The molecule has 0 aliphatic carbocycles. The van der Waals surface area contributed by atoms with Gasteiger partial charge in [-0.25, -0.2) is 0 Å². The highest BCUT2D eigenvalue weighted by Crippen LogP contribution is 2.29. The first-order valence-electron chi connectivity index (χ1n) is 4.52. The molecule has 0 bridgehead atoms. The Balaban J connectivity index is 3.06. The van der Waals surface area contributed by atoms with Crippen LogP contribution >= 0.6 is 11.6 Å². The minimum Gasteiger partial charge on any atom is -0.102 e. The lowest BCUT2D eigenvalue weighted by molar-refractivity contribution is 0.574. The predicted molar refractivity (Wildman–Crippen MR) is 59.3 cm³/mol. The minimum atomic E-state index is 0.0740. The Bertz CT molecular complexity index is 286. The molecule has 70 valence electrons. The molecule has 0 nitrogen and oxygen atoms in total. The zero-order valence-electron chi connectivity index (χ0n) is 8.18. The molecule has 0 aliphatic heterocycles. The summed E-state index contributed by atoms with van der Waals surface area (Å²) < 4.78 is 0. The Labute approximate surface area is 85.2 Å². The lowest BCUT2D eigenvalue weighted by Crippen LogP contribution is -2.16. The van der Waals surface area contributed by atoms with E-state index in [1.807, 2.05) is 18.2 Å². The van der Waals surface area contributed by atoms with E-state index in [0.717, 1.165) is 11.4 Å². The average molecular weight is 195 g/mol. The van der Waals surface area contributed by atoms with Gasteiger partial charge in [-0.3, -0.25) is 0 Å². The third-order valence-electron chi connectivity index (χ3n) is 2.69. The smallest absolute Gasteiger partial charge is 0.0406 e. The summed E-state index contributed by atoms with van der Waals surface area (Å²) in [6.07, 6.45) is 3.05. The number of benzene rings is 1. The second-order valence-electron chi connectivity index (χ2n) is 3.48. The van der Waals surface area contributed by atoms with E-state index in [0.29, 0.717) is 0 Å². The number of rotatable bonds is 3. The van der Waals surface area contributed by atoms with Gasteiger partial charge in [0.2, 0.25) is 0 Å². The second-order valence-corrected chi connectivity index (χ2v) is 3.92. The van der Waals surface area contributed by atoms with Crippen LogP contribution in [0, 0.1) is 0 Å². The SMILES string of the molecule is C=C[C@@](C)(CC)c1ccc(Cl)cc1. The van der Waals surface area contributed by atoms with Crippen molar-refractivity contribution in [1.29, 1.82) is 0 Å². The van der Waals surface area contributed by atoms with Gasteiger partial charge < -0.3 is 0 Å². The summed E-state index contributed by atoms with van der Waals surface area (Å²) in [5.74, 6) is 0. The van der Waals surface area contributed by atoms with Gasteiger partial charge in [0, 0.05) is 10.4 Å². The maximum atomic E-state index is 5.82. The minimum absolute atomic E-state index is 0.0740. The molecule has 0 unspecified atom stereocenters. The Kier molecular flexibility index (Phi) is 3.16. The van der Waals surface area contributed by atoms with E-state index in [4.69, 9.17) is 11.6 Å². The van der Waals surface area contributed by atoms with E-state index in [2.05, 4.69) is 32.6 Å². The topological polar surface area (TPSA) is 0 Å². The summed E-state index contributed by atoms with van der Waals surface area (Å²) in [5, 5.41) is 0.784. The first-order chi connectivity index (χ1) is 6.12. The van der Waals surface area contributed by atoms with Gasteiger partial charge in [-0.1, -0.05) is 43.7 Å². The molecule has 13 heavy (non-hydrogen) atoms. The molecule has 1 aromatic carbocycles. The third kappa shape index (κ3) is 2.13. The molecular formula is C12H15Cl. The summed E-state index contributed by atoms with van der Waals surface area (Å²) in [6.45, 7) is 8.22. The molecule has 0 spiro atoms. The number of hydrogen-bond acceptors (Lipinski definition) is 0. The number of halogens is 1. The highest BCUT2D eigenvalue weighted by atomic mass is 35.5. The summed E-state index contributed by atoms with van der Waals surface area (Å²) in [4.78, 5) is 0. The Morgan fingerprint density at radius 3 is 2.31 bits per heavy atom. The van der Waals surface area contributed by atoms with Crippen LogP contribution in [0.5, 0.6) is 0 Å². The standard InChI is InChI=1S/C12H15Cl/c1-4-12(3,5-2)10-6-8-11(13)9-7-10/h4,6-9H,1,5H2,2-3H3/t12-/m0/s1. The van der Waals surface area contributed by atoms with Crippen molar-refractivity contribution in [2.75, 3.05) is 0 Å². The first-order valence-corrected chi connectivity index (χ1v) is 4.90. The van der Waals surface area contributed by atoms with Gasteiger partial charge in [0.15, 0.2) is 0 Å². The zero-order chi connectivity index (χ0) is 9.90. The van der Waals surface area contributed by atoms with E-state index in [9.17, 15) is 0 Å². The van der Waals surface area contributed by atoms with E-state index in [1.54, 1.807) is 0 Å². The van der Waals surface area contributed by atoms with Crippen LogP contribution in [0.1, 0.15) is 25.8 Å². The Hall–Kier alpha value is -0.750. The van der Waals surface area contributed by atoms with Gasteiger partial charge in [-0.05, 0) is 24.1 Å². The van der Waals surface area contributed by atoms with Gasteiger partial charge in [-0.2, -0.15) is 0 Å². The fourth-order valence-electron chi connectivity index (χ4n) is 1.30. The summed E-state index contributed by atoms with van der Waals surface area (Å²) in [6, 6.07) is 7.98. The van der Waals surface area contributed by atoms with Crippen LogP contribution in [-0.2, 0) is 5.41 Å². The lowest BCUT2D eigenvalue weighted by Gasteiger charge is -2.24.